The fraction of sp³-hybridized carbons (Fsp3) is 0.222. The van der Waals surface area contributed by atoms with E-state index in [-0.39, 0.29) is 18.5 Å². The molecule has 0 fully saturated rings. The molecule has 0 amide bonds. The van der Waals surface area contributed by atoms with Crippen LogP contribution in [0.4, 0.5) is 13.2 Å². The van der Waals surface area contributed by atoms with Crippen LogP contribution in [0.1, 0.15) is 5.56 Å². The van der Waals surface area contributed by atoms with Crippen LogP contribution in [0, 0.1) is 24.0 Å². The van der Waals surface area contributed by atoms with Crippen LogP contribution in [-0.4, -0.2) is 6.54 Å². The minimum Gasteiger partial charge on any atom is -0.317 e. The molecule has 1 aromatic rings. The van der Waals surface area contributed by atoms with E-state index in [9.17, 15) is 13.2 Å². The van der Waals surface area contributed by atoms with Crippen LogP contribution in [0.15, 0.2) is 12.1 Å². The first-order valence-electron chi connectivity index (χ1n) is 3.62. The Kier molecular flexibility index (Phi) is 2.91. The average Bonchev–Trinajstić information content (AvgIpc) is 2.02. The summed E-state index contributed by atoms with van der Waals surface area (Å²) < 4.78 is 38.1. The van der Waals surface area contributed by atoms with Crippen molar-refractivity contribution in [2.24, 2.45) is 0 Å². The third-order valence-corrected chi connectivity index (χ3v) is 1.58. The van der Waals surface area contributed by atoms with Crippen molar-refractivity contribution < 1.29 is 13.2 Å². The van der Waals surface area contributed by atoms with Gasteiger partial charge in [0.05, 0.1) is 6.42 Å². The van der Waals surface area contributed by atoms with E-state index >= 15 is 0 Å². The molecule has 0 saturated carbocycles. The molecule has 1 rings (SSSR count). The molecule has 4 heteroatoms. The molecule has 0 spiro atoms. The van der Waals surface area contributed by atoms with Crippen LogP contribution in [0.25, 0.3) is 4.85 Å². The first-order valence-corrected chi connectivity index (χ1v) is 3.62. The van der Waals surface area contributed by atoms with Gasteiger partial charge < -0.3 is 4.85 Å². The molecule has 0 N–H and O–H groups in total. The Labute approximate surface area is 73.6 Å². The summed E-state index contributed by atoms with van der Waals surface area (Å²) in [6.07, 6.45) is -0.0263. The lowest BCUT2D eigenvalue weighted by atomic mass is 10.1. The van der Waals surface area contributed by atoms with E-state index in [2.05, 4.69) is 4.85 Å². The Morgan fingerprint density at radius 3 is 2.15 bits per heavy atom. The largest absolute Gasteiger partial charge is 0.317 e. The molecule has 0 heterocycles. The molecule has 0 atom stereocenters. The van der Waals surface area contributed by atoms with E-state index in [1.54, 1.807) is 0 Å². The molecule has 0 aliphatic rings. The van der Waals surface area contributed by atoms with Crippen LogP contribution < -0.4 is 0 Å². The monoisotopic (exact) mass is 185 g/mol. The van der Waals surface area contributed by atoms with Crippen molar-refractivity contribution in [3.05, 3.63) is 46.6 Å². The van der Waals surface area contributed by atoms with Crippen LogP contribution >= 0.6 is 0 Å². The fourth-order valence-electron chi connectivity index (χ4n) is 0.979. The molecule has 0 saturated heterocycles. The molecule has 0 unspecified atom stereocenters. The molecule has 1 nitrogen and oxygen atoms in total. The van der Waals surface area contributed by atoms with Crippen molar-refractivity contribution in [3.8, 4) is 0 Å². The average molecular weight is 185 g/mol. The number of halogens is 3. The number of hydrogen-bond acceptors (Lipinski definition) is 0. The van der Waals surface area contributed by atoms with Gasteiger partial charge in [0, 0.05) is 17.7 Å². The Morgan fingerprint density at radius 1 is 1.15 bits per heavy atom. The molecule has 0 aliphatic carbocycles. The number of rotatable bonds is 2. The Bertz CT molecular complexity index is 331. The Morgan fingerprint density at radius 2 is 1.69 bits per heavy atom. The number of nitrogens with zero attached hydrogens (tertiary/aromatic N) is 1. The van der Waals surface area contributed by atoms with Crippen molar-refractivity contribution in [1.82, 2.24) is 0 Å². The van der Waals surface area contributed by atoms with Crippen molar-refractivity contribution in [3.63, 3.8) is 0 Å². The second-order valence-electron chi connectivity index (χ2n) is 2.48. The quantitative estimate of drug-likeness (QED) is 0.623. The van der Waals surface area contributed by atoms with Gasteiger partial charge in [-0.25, -0.2) is 19.7 Å². The predicted octanol–water partition coefficient (Wildman–Crippen LogP) is 2.57. The van der Waals surface area contributed by atoms with E-state index in [1.807, 2.05) is 0 Å². The zero-order valence-corrected chi connectivity index (χ0v) is 6.65. The Hall–Kier alpha value is -1.50. The fourth-order valence-corrected chi connectivity index (χ4v) is 0.979. The summed E-state index contributed by atoms with van der Waals surface area (Å²) in [5.41, 5.74) is -0.225. The second-order valence-corrected chi connectivity index (χ2v) is 2.48. The highest BCUT2D eigenvalue weighted by molar-refractivity contribution is 5.21. The minimum atomic E-state index is -0.943. The lowest BCUT2D eigenvalue weighted by Crippen LogP contribution is -1.98. The normalized spacial score (nSPS) is 9.69. The smallest absolute Gasteiger partial charge is 0.218 e. The highest BCUT2D eigenvalue weighted by Gasteiger charge is 2.11. The summed E-state index contributed by atoms with van der Waals surface area (Å²) in [6.45, 7) is 6.44. The van der Waals surface area contributed by atoms with Crippen molar-refractivity contribution in [2.75, 3.05) is 6.54 Å². The first kappa shape index (κ1) is 9.59. The summed E-state index contributed by atoms with van der Waals surface area (Å²) in [4.78, 5) is 2.96. The molecule has 0 aromatic heterocycles. The van der Waals surface area contributed by atoms with E-state index in [4.69, 9.17) is 6.57 Å². The van der Waals surface area contributed by atoms with Crippen LogP contribution in [0.5, 0.6) is 0 Å². The SMILES string of the molecule is [C-]#[N+]CCc1c(F)cc(F)cc1F. The van der Waals surface area contributed by atoms with E-state index in [0.717, 1.165) is 0 Å². The summed E-state index contributed by atoms with van der Waals surface area (Å²) in [5, 5.41) is 0. The molecule has 13 heavy (non-hydrogen) atoms. The molecular formula is C9H6F3N. The Balaban J connectivity index is 3.00. The van der Waals surface area contributed by atoms with Crippen LogP contribution in [0.2, 0.25) is 0 Å². The summed E-state index contributed by atoms with van der Waals surface area (Å²) in [5.74, 6) is -2.80. The van der Waals surface area contributed by atoms with Crippen molar-refractivity contribution >= 4 is 0 Å². The zero-order chi connectivity index (χ0) is 9.84. The summed E-state index contributed by atoms with van der Waals surface area (Å²) in [7, 11) is 0. The molecule has 0 aliphatic heterocycles. The van der Waals surface area contributed by atoms with Crippen LogP contribution in [0.3, 0.4) is 0 Å². The first-order chi connectivity index (χ1) is 6.15. The maximum Gasteiger partial charge on any atom is 0.218 e. The van der Waals surface area contributed by atoms with E-state index in [0.29, 0.717) is 12.1 Å². The maximum atomic E-state index is 12.9. The van der Waals surface area contributed by atoms with Crippen LogP contribution in [-0.2, 0) is 6.42 Å². The van der Waals surface area contributed by atoms with Gasteiger partial charge in [-0.1, -0.05) is 0 Å². The maximum absolute atomic E-state index is 12.9. The van der Waals surface area contributed by atoms with Gasteiger partial charge in [-0.15, -0.1) is 0 Å². The van der Waals surface area contributed by atoms with Gasteiger partial charge in [0.1, 0.15) is 17.5 Å². The predicted molar refractivity (Wildman–Crippen MR) is 41.5 cm³/mol. The van der Waals surface area contributed by atoms with E-state index < -0.39 is 17.5 Å². The lowest BCUT2D eigenvalue weighted by molar-refractivity contribution is 0.525. The number of benzene rings is 1. The second kappa shape index (κ2) is 3.94. The lowest BCUT2D eigenvalue weighted by Gasteiger charge is -2.00. The van der Waals surface area contributed by atoms with Gasteiger partial charge in [-0.2, -0.15) is 0 Å². The topological polar surface area (TPSA) is 4.36 Å². The minimum absolute atomic E-state index is 0.000523. The third kappa shape index (κ3) is 2.22. The summed E-state index contributed by atoms with van der Waals surface area (Å²) in [6, 6.07) is 1.23. The summed E-state index contributed by atoms with van der Waals surface area (Å²) >= 11 is 0. The molecular weight excluding hydrogens is 179 g/mol. The van der Waals surface area contributed by atoms with Gasteiger partial charge in [-0.3, -0.25) is 0 Å². The molecule has 1 aromatic carbocycles. The highest BCUT2D eigenvalue weighted by Crippen LogP contribution is 2.15. The molecule has 0 bridgehead atoms. The molecule has 0 radical (unpaired) electrons. The van der Waals surface area contributed by atoms with Gasteiger partial charge in [0.2, 0.25) is 6.54 Å². The van der Waals surface area contributed by atoms with Crippen molar-refractivity contribution in [2.45, 2.75) is 6.42 Å². The van der Waals surface area contributed by atoms with Gasteiger partial charge in [0.25, 0.3) is 0 Å². The third-order valence-electron chi connectivity index (χ3n) is 1.58. The van der Waals surface area contributed by atoms with E-state index in [1.165, 1.54) is 0 Å². The van der Waals surface area contributed by atoms with Gasteiger partial charge in [-0.05, 0) is 0 Å². The zero-order valence-electron chi connectivity index (χ0n) is 6.65. The van der Waals surface area contributed by atoms with Gasteiger partial charge >= 0.3 is 0 Å². The molecule has 68 valence electrons. The van der Waals surface area contributed by atoms with Crippen molar-refractivity contribution in [1.29, 1.82) is 0 Å². The standard InChI is InChI=1S/C9H6F3N/c1-13-3-2-7-8(11)4-6(10)5-9(7)12/h4-5H,2-3H2. The number of hydrogen-bond donors (Lipinski definition) is 0. The highest BCUT2D eigenvalue weighted by atomic mass is 19.1. The van der Waals surface area contributed by atoms with Gasteiger partial charge in [0.15, 0.2) is 0 Å².